The van der Waals surface area contributed by atoms with Crippen molar-refractivity contribution in [2.45, 2.75) is 32.3 Å². The molecule has 7 heteroatoms. The van der Waals surface area contributed by atoms with Gasteiger partial charge in [-0.25, -0.2) is 8.78 Å². The highest BCUT2D eigenvalue weighted by molar-refractivity contribution is 5.92. The first kappa shape index (κ1) is 17.1. The average Bonchev–Trinajstić information content (AvgIpc) is 2.93. The molecule has 0 aliphatic rings. The van der Waals surface area contributed by atoms with E-state index < -0.39 is 23.1 Å². The fraction of sp³-hybridized carbons (Fsp3) is 0.375. The Morgan fingerprint density at radius 3 is 2.78 bits per heavy atom. The summed E-state index contributed by atoms with van der Waals surface area (Å²) in [5.74, 6) is -2.08. The highest BCUT2D eigenvalue weighted by Gasteiger charge is 2.28. The number of aryl methyl sites for hydroxylation is 1. The molecule has 1 atom stereocenters. The molecule has 1 heterocycles. The number of benzene rings is 1. The molecule has 0 aliphatic heterocycles. The standard InChI is InChI=1S/C16H19F2N3O2/c1-3-4-11-8-14(21-20-11)15(22)19-9-16(2,23)12-6-5-10(17)7-13(12)18/h5-8,23H,3-4,9H2,1-2H3,(H,19,22)(H,20,21). The van der Waals surface area contributed by atoms with E-state index in [2.05, 4.69) is 15.5 Å². The van der Waals surface area contributed by atoms with Gasteiger partial charge in [0, 0.05) is 17.3 Å². The van der Waals surface area contributed by atoms with Crippen LogP contribution in [0.5, 0.6) is 0 Å². The Morgan fingerprint density at radius 2 is 2.13 bits per heavy atom. The summed E-state index contributed by atoms with van der Waals surface area (Å²) in [6.45, 7) is 3.12. The topological polar surface area (TPSA) is 78.0 Å². The molecule has 0 aliphatic carbocycles. The van der Waals surface area contributed by atoms with Crippen molar-refractivity contribution in [3.63, 3.8) is 0 Å². The summed E-state index contributed by atoms with van der Waals surface area (Å²) >= 11 is 0. The van der Waals surface area contributed by atoms with Crippen molar-refractivity contribution >= 4 is 5.91 Å². The fourth-order valence-electron chi connectivity index (χ4n) is 2.24. The van der Waals surface area contributed by atoms with Crippen LogP contribution >= 0.6 is 0 Å². The SMILES string of the molecule is CCCc1cc(C(=O)NCC(C)(O)c2ccc(F)cc2F)n[nH]1. The summed E-state index contributed by atoms with van der Waals surface area (Å²) < 4.78 is 26.7. The second-order valence-electron chi connectivity index (χ2n) is 5.61. The number of carbonyl (C=O) groups is 1. The number of rotatable bonds is 6. The number of halogens is 2. The summed E-state index contributed by atoms with van der Waals surface area (Å²) in [5, 5.41) is 19.5. The molecule has 2 aromatic rings. The molecular formula is C16H19F2N3O2. The Labute approximate surface area is 132 Å². The van der Waals surface area contributed by atoms with Gasteiger partial charge in [-0.1, -0.05) is 19.4 Å². The molecule has 124 valence electrons. The minimum absolute atomic E-state index is 0.0899. The lowest BCUT2D eigenvalue weighted by atomic mass is 9.95. The molecule has 0 saturated heterocycles. The molecule has 23 heavy (non-hydrogen) atoms. The fourth-order valence-corrected chi connectivity index (χ4v) is 2.24. The van der Waals surface area contributed by atoms with Crippen molar-refractivity contribution in [1.29, 1.82) is 0 Å². The largest absolute Gasteiger partial charge is 0.383 e. The van der Waals surface area contributed by atoms with Gasteiger partial charge in [0.25, 0.3) is 5.91 Å². The first-order chi connectivity index (χ1) is 10.8. The number of nitrogens with one attached hydrogen (secondary N) is 2. The number of aromatic nitrogens is 2. The first-order valence-corrected chi connectivity index (χ1v) is 7.34. The summed E-state index contributed by atoms with van der Waals surface area (Å²) in [5.41, 5.74) is -0.721. The highest BCUT2D eigenvalue weighted by Crippen LogP contribution is 2.23. The van der Waals surface area contributed by atoms with Crippen LogP contribution in [0.3, 0.4) is 0 Å². The molecule has 0 saturated carbocycles. The molecule has 1 unspecified atom stereocenters. The van der Waals surface area contributed by atoms with Crippen LogP contribution in [0.15, 0.2) is 24.3 Å². The maximum absolute atomic E-state index is 13.8. The van der Waals surface area contributed by atoms with E-state index in [9.17, 15) is 18.7 Å². The number of hydrogen-bond acceptors (Lipinski definition) is 3. The van der Waals surface area contributed by atoms with E-state index in [-0.39, 0.29) is 17.8 Å². The number of aliphatic hydroxyl groups is 1. The van der Waals surface area contributed by atoms with Crippen LogP contribution in [-0.4, -0.2) is 27.8 Å². The van der Waals surface area contributed by atoms with E-state index >= 15 is 0 Å². The molecule has 1 aromatic carbocycles. The van der Waals surface area contributed by atoms with Crippen molar-refractivity contribution in [2.75, 3.05) is 6.54 Å². The van der Waals surface area contributed by atoms with Crippen LogP contribution in [0.2, 0.25) is 0 Å². The van der Waals surface area contributed by atoms with Gasteiger partial charge in [-0.3, -0.25) is 9.89 Å². The molecule has 3 N–H and O–H groups in total. The minimum Gasteiger partial charge on any atom is -0.383 e. The first-order valence-electron chi connectivity index (χ1n) is 7.34. The van der Waals surface area contributed by atoms with Crippen molar-refractivity contribution in [2.24, 2.45) is 0 Å². The Bertz CT molecular complexity index is 698. The molecule has 2 rings (SSSR count). The van der Waals surface area contributed by atoms with E-state index in [1.54, 1.807) is 6.07 Å². The number of carbonyl (C=O) groups excluding carboxylic acids is 1. The van der Waals surface area contributed by atoms with Crippen LogP contribution < -0.4 is 5.32 Å². The van der Waals surface area contributed by atoms with Crippen LogP contribution in [0.25, 0.3) is 0 Å². The van der Waals surface area contributed by atoms with Crippen molar-refractivity contribution in [3.8, 4) is 0 Å². The number of amides is 1. The Balaban J connectivity index is 2.04. The average molecular weight is 323 g/mol. The molecule has 0 spiro atoms. The van der Waals surface area contributed by atoms with Crippen molar-refractivity contribution in [3.05, 3.63) is 52.9 Å². The van der Waals surface area contributed by atoms with Gasteiger partial charge in [0.2, 0.25) is 0 Å². The van der Waals surface area contributed by atoms with Gasteiger partial charge in [0.15, 0.2) is 0 Å². The normalized spacial score (nSPS) is 13.6. The highest BCUT2D eigenvalue weighted by atomic mass is 19.1. The minimum atomic E-state index is -1.67. The third kappa shape index (κ3) is 4.13. The van der Waals surface area contributed by atoms with E-state index in [1.807, 2.05) is 6.92 Å². The Morgan fingerprint density at radius 1 is 1.39 bits per heavy atom. The van der Waals surface area contributed by atoms with Crippen LogP contribution in [-0.2, 0) is 12.0 Å². The number of hydrogen-bond donors (Lipinski definition) is 3. The lowest BCUT2D eigenvalue weighted by Gasteiger charge is -2.24. The van der Waals surface area contributed by atoms with Crippen molar-refractivity contribution in [1.82, 2.24) is 15.5 Å². The van der Waals surface area contributed by atoms with Crippen LogP contribution in [0, 0.1) is 11.6 Å². The van der Waals surface area contributed by atoms with Crippen LogP contribution in [0.4, 0.5) is 8.78 Å². The predicted molar refractivity (Wildman–Crippen MR) is 80.8 cm³/mol. The molecule has 5 nitrogen and oxygen atoms in total. The number of nitrogens with zero attached hydrogens (tertiary/aromatic N) is 1. The van der Waals surface area contributed by atoms with E-state index in [1.165, 1.54) is 6.92 Å². The second kappa shape index (κ2) is 6.87. The van der Waals surface area contributed by atoms with E-state index in [4.69, 9.17) is 0 Å². The maximum Gasteiger partial charge on any atom is 0.271 e. The van der Waals surface area contributed by atoms with Gasteiger partial charge in [-0.05, 0) is 25.5 Å². The summed E-state index contributed by atoms with van der Waals surface area (Å²) in [6, 6.07) is 4.53. The van der Waals surface area contributed by atoms with Gasteiger partial charge < -0.3 is 10.4 Å². The zero-order valence-corrected chi connectivity index (χ0v) is 13.0. The van der Waals surface area contributed by atoms with E-state index in [0.717, 1.165) is 30.7 Å². The van der Waals surface area contributed by atoms with E-state index in [0.29, 0.717) is 6.07 Å². The number of aromatic amines is 1. The molecule has 0 bridgehead atoms. The zero-order valence-electron chi connectivity index (χ0n) is 13.0. The molecular weight excluding hydrogens is 304 g/mol. The van der Waals surface area contributed by atoms with Crippen molar-refractivity contribution < 1.29 is 18.7 Å². The third-order valence-corrected chi connectivity index (χ3v) is 3.49. The lowest BCUT2D eigenvalue weighted by Crippen LogP contribution is -2.39. The monoisotopic (exact) mass is 323 g/mol. The van der Waals surface area contributed by atoms with Gasteiger partial charge in [0.1, 0.15) is 22.9 Å². The van der Waals surface area contributed by atoms with Gasteiger partial charge in [-0.15, -0.1) is 0 Å². The summed E-state index contributed by atoms with van der Waals surface area (Å²) in [4.78, 5) is 12.0. The Hall–Kier alpha value is -2.28. The summed E-state index contributed by atoms with van der Waals surface area (Å²) in [6.07, 6.45) is 1.70. The van der Waals surface area contributed by atoms with Gasteiger partial charge in [-0.2, -0.15) is 5.10 Å². The smallest absolute Gasteiger partial charge is 0.271 e. The third-order valence-electron chi connectivity index (χ3n) is 3.49. The second-order valence-corrected chi connectivity index (χ2v) is 5.61. The summed E-state index contributed by atoms with van der Waals surface area (Å²) in [7, 11) is 0. The maximum atomic E-state index is 13.8. The lowest BCUT2D eigenvalue weighted by molar-refractivity contribution is 0.0493. The quantitative estimate of drug-likeness (QED) is 0.763. The van der Waals surface area contributed by atoms with Gasteiger partial charge >= 0.3 is 0 Å². The van der Waals surface area contributed by atoms with Crippen LogP contribution in [0.1, 0.15) is 42.0 Å². The molecule has 0 radical (unpaired) electrons. The molecule has 1 amide bonds. The molecule has 0 fully saturated rings. The zero-order chi connectivity index (χ0) is 17.0. The predicted octanol–water partition coefficient (Wildman–Crippen LogP) is 2.28. The van der Waals surface area contributed by atoms with Gasteiger partial charge in [0.05, 0.1) is 6.54 Å². The molecule has 1 aromatic heterocycles. The number of H-pyrrole nitrogens is 1. The Kier molecular flexibility index (Phi) is 5.10.